The van der Waals surface area contributed by atoms with Crippen LogP contribution in [0.25, 0.3) is 16.8 Å². The first kappa shape index (κ1) is 27.4. The SMILES string of the molecule is CNCC(=O)c1cnc2ccc(-c3ccc(F)c(F)c3OCCc3c(C(O)C(C)(C)C)nn(C)c3C)cn12. The molecule has 10 heteroatoms. The van der Waals surface area contributed by atoms with E-state index < -0.39 is 23.2 Å². The monoisotopic (exact) mass is 525 g/mol. The Morgan fingerprint density at radius 3 is 2.63 bits per heavy atom. The number of ether oxygens (including phenoxy) is 1. The molecule has 3 aromatic heterocycles. The van der Waals surface area contributed by atoms with Crippen molar-refractivity contribution < 1.29 is 23.4 Å². The second kappa shape index (κ2) is 10.6. The number of carbonyl (C=O) groups excluding carboxylic acids is 1. The molecule has 0 aliphatic carbocycles. The van der Waals surface area contributed by atoms with Crippen LogP contribution in [0, 0.1) is 24.0 Å². The average Bonchev–Trinajstić information content (AvgIpc) is 3.41. The first-order chi connectivity index (χ1) is 17.9. The Kier molecular flexibility index (Phi) is 7.66. The number of imidazole rings is 1. The summed E-state index contributed by atoms with van der Waals surface area (Å²) in [5.41, 5.74) is 3.57. The summed E-state index contributed by atoms with van der Waals surface area (Å²) in [6, 6.07) is 5.92. The lowest BCUT2D eigenvalue weighted by molar-refractivity contribution is 0.0575. The maximum atomic E-state index is 15.0. The number of fused-ring (bicyclic) bond motifs is 1. The number of carbonyl (C=O) groups is 1. The first-order valence-corrected chi connectivity index (χ1v) is 12.4. The fourth-order valence-corrected chi connectivity index (χ4v) is 4.37. The largest absolute Gasteiger partial charge is 0.489 e. The number of benzene rings is 1. The minimum absolute atomic E-state index is 0.0307. The quantitative estimate of drug-likeness (QED) is 0.314. The number of nitrogens with one attached hydrogen (secondary N) is 1. The van der Waals surface area contributed by atoms with Gasteiger partial charge in [-0.2, -0.15) is 9.49 Å². The predicted octanol–water partition coefficient (Wildman–Crippen LogP) is 4.42. The van der Waals surface area contributed by atoms with Gasteiger partial charge in [0.2, 0.25) is 5.82 Å². The zero-order chi connectivity index (χ0) is 27.8. The number of halogens is 2. The molecular weight excluding hydrogens is 492 g/mol. The molecule has 38 heavy (non-hydrogen) atoms. The van der Waals surface area contributed by atoms with E-state index in [4.69, 9.17) is 4.74 Å². The summed E-state index contributed by atoms with van der Waals surface area (Å²) in [5.74, 6) is -2.51. The van der Waals surface area contributed by atoms with Gasteiger partial charge in [0.1, 0.15) is 17.4 Å². The second-order valence-corrected chi connectivity index (χ2v) is 10.4. The molecule has 202 valence electrons. The van der Waals surface area contributed by atoms with Gasteiger partial charge in [-0.3, -0.25) is 13.9 Å². The van der Waals surface area contributed by atoms with Crippen LogP contribution in [0.4, 0.5) is 8.78 Å². The fraction of sp³-hybridized carbons (Fsp3) is 0.393. The van der Waals surface area contributed by atoms with Crippen molar-refractivity contribution in [2.75, 3.05) is 20.2 Å². The molecule has 0 saturated carbocycles. The lowest BCUT2D eigenvalue weighted by Crippen LogP contribution is -2.20. The van der Waals surface area contributed by atoms with E-state index >= 15 is 4.39 Å². The van der Waals surface area contributed by atoms with Crippen molar-refractivity contribution in [2.45, 2.75) is 40.2 Å². The molecule has 0 aliphatic rings. The van der Waals surface area contributed by atoms with Gasteiger partial charge in [0.05, 0.1) is 25.0 Å². The second-order valence-electron chi connectivity index (χ2n) is 10.4. The number of hydrogen-bond acceptors (Lipinski definition) is 6. The third-order valence-electron chi connectivity index (χ3n) is 6.66. The van der Waals surface area contributed by atoms with Crippen LogP contribution in [-0.2, 0) is 13.5 Å². The van der Waals surface area contributed by atoms with Crippen molar-refractivity contribution in [1.82, 2.24) is 24.5 Å². The van der Waals surface area contributed by atoms with Crippen LogP contribution in [0.15, 0.2) is 36.7 Å². The third kappa shape index (κ3) is 5.19. The standard InChI is InChI=1S/C28H33F2N5O3/c1-16-18(25(33-34(16)6)27(37)28(2,3)4)11-12-38-26-19(8-9-20(29)24(26)30)17-7-10-23-32-13-21(35(23)15-17)22(36)14-31-5/h7-10,13,15,27,31,37H,11-12,14H2,1-6H3. The van der Waals surface area contributed by atoms with E-state index in [1.54, 1.807) is 41.5 Å². The average molecular weight is 526 g/mol. The maximum absolute atomic E-state index is 15.0. The first-order valence-electron chi connectivity index (χ1n) is 12.4. The van der Waals surface area contributed by atoms with Crippen LogP contribution >= 0.6 is 0 Å². The van der Waals surface area contributed by atoms with Gasteiger partial charge in [-0.05, 0) is 43.7 Å². The van der Waals surface area contributed by atoms with E-state index in [2.05, 4.69) is 15.4 Å². The van der Waals surface area contributed by atoms with Crippen molar-refractivity contribution in [3.8, 4) is 16.9 Å². The van der Waals surface area contributed by atoms with E-state index in [1.165, 1.54) is 12.3 Å². The van der Waals surface area contributed by atoms with Gasteiger partial charge in [0.25, 0.3) is 0 Å². The molecule has 0 aliphatic heterocycles. The summed E-state index contributed by atoms with van der Waals surface area (Å²) < 4.78 is 38.5. The topological polar surface area (TPSA) is 93.7 Å². The Morgan fingerprint density at radius 1 is 1.21 bits per heavy atom. The normalized spacial score (nSPS) is 12.8. The number of pyridine rings is 1. The Bertz CT molecular complexity index is 1490. The molecule has 8 nitrogen and oxygen atoms in total. The van der Waals surface area contributed by atoms with E-state index in [0.29, 0.717) is 34.6 Å². The zero-order valence-corrected chi connectivity index (χ0v) is 22.5. The zero-order valence-electron chi connectivity index (χ0n) is 22.5. The summed E-state index contributed by atoms with van der Waals surface area (Å²) in [6.07, 6.45) is 2.68. The minimum atomic E-state index is -1.10. The number of Topliss-reactive ketones (excluding diaryl/α,β-unsaturated/α-hetero) is 1. The van der Waals surface area contributed by atoms with Crippen LogP contribution in [0.3, 0.4) is 0 Å². The van der Waals surface area contributed by atoms with Crippen LogP contribution in [-0.4, -0.2) is 50.3 Å². The Balaban J connectivity index is 1.66. The molecule has 0 radical (unpaired) electrons. The van der Waals surface area contributed by atoms with Crippen molar-refractivity contribution >= 4 is 11.4 Å². The fourth-order valence-electron chi connectivity index (χ4n) is 4.37. The van der Waals surface area contributed by atoms with Gasteiger partial charge < -0.3 is 15.2 Å². The summed E-state index contributed by atoms with van der Waals surface area (Å²) >= 11 is 0. The van der Waals surface area contributed by atoms with Crippen LogP contribution in [0.1, 0.15) is 54.3 Å². The molecule has 0 spiro atoms. The molecule has 0 saturated heterocycles. The van der Waals surface area contributed by atoms with E-state index in [0.717, 1.165) is 17.3 Å². The number of aryl methyl sites for hydroxylation is 1. The predicted molar refractivity (Wildman–Crippen MR) is 140 cm³/mol. The van der Waals surface area contributed by atoms with Crippen molar-refractivity contribution in [1.29, 1.82) is 0 Å². The van der Waals surface area contributed by atoms with E-state index in [1.807, 2.05) is 27.7 Å². The van der Waals surface area contributed by atoms with Crippen molar-refractivity contribution in [2.24, 2.45) is 12.5 Å². The number of nitrogens with zero attached hydrogens (tertiary/aromatic N) is 4. The van der Waals surface area contributed by atoms with E-state index in [-0.39, 0.29) is 24.7 Å². The molecule has 2 N–H and O–H groups in total. The maximum Gasteiger partial charge on any atom is 0.201 e. The minimum Gasteiger partial charge on any atom is -0.489 e. The number of likely N-dealkylation sites (N-methyl/N-ethyl adjacent to an activating group) is 1. The highest BCUT2D eigenvalue weighted by Crippen LogP contribution is 2.36. The Morgan fingerprint density at radius 2 is 1.95 bits per heavy atom. The molecular formula is C28H33F2N5O3. The number of aliphatic hydroxyl groups excluding tert-OH is 1. The third-order valence-corrected chi connectivity index (χ3v) is 6.66. The van der Waals surface area contributed by atoms with Gasteiger partial charge in [0.15, 0.2) is 17.3 Å². The lowest BCUT2D eigenvalue weighted by atomic mass is 9.85. The molecule has 1 unspecified atom stereocenters. The van der Waals surface area contributed by atoms with Crippen LogP contribution < -0.4 is 10.1 Å². The molecule has 0 fully saturated rings. The number of rotatable bonds is 9. The molecule has 3 heterocycles. The lowest BCUT2D eigenvalue weighted by Gasteiger charge is -2.25. The summed E-state index contributed by atoms with van der Waals surface area (Å²) in [7, 11) is 3.47. The molecule has 4 rings (SSSR count). The van der Waals surface area contributed by atoms with Gasteiger partial charge >= 0.3 is 0 Å². The van der Waals surface area contributed by atoms with Crippen molar-refractivity contribution in [3.05, 3.63) is 70.9 Å². The highest BCUT2D eigenvalue weighted by molar-refractivity contribution is 5.96. The molecule has 0 bridgehead atoms. The Hall–Kier alpha value is -3.63. The Labute approximate surface area is 220 Å². The highest BCUT2D eigenvalue weighted by Gasteiger charge is 2.30. The number of aliphatic hydroxyl groups is 1. The number of hydrogen-bond donors (Lipinski definition) is 2. The summed E-state index contributed by atoms with van der Waals surface area (Å²) in [6.45, 7) is 7.82. The number of ketones is 1. The van der Waals surface area contributed by atoms with Crippen LogP contribution in [0.5, 0.6) is 5.75 Å². The summed E-state index contributed by atoms with van der Waals surface area (Å²) in [5, 5.41) is 18.2. The molecule has 4 aromatic rings. The molecule has 0 amide bonds. The van der Waals surface area contributed by atoms with Crippen LogP contribution in [0.2, 0.25) is 0 Å². The number of aromatic nitrogens is 4. The van der Waals surface area contributed by atoms with Gasteiger partial charge in [-0.25, -0.2) is 9.37 Å². The van der Waals surface area contributed by atoms with E-state index in [9.17, 15) is 14.3 Å². The molecule has 1 aromatic carbocycles. The van der Waals surface area contributed by atoms with Gasteiger partial charge in [-0.1, -0.05) is 20.8 Å². The molecule has 1 atom stereocenters. The van der Waals surface area contributed by atoms with Gasteiger partial charge in [0, 0.05) is 42.0 Å². The highest BCUT2D eigenvalue weighted by atomic mass is 19.2. The van der Waals surface area contributed by atoms with Gasteiger partial charge in [-0.15, -0.1) is 0 Å². The smallest absolute Gasteiger partial charge is 0.201 e. The van der Waals surface area contributed by atoms with Crippen molar-refractivity contribution in [3.63, 3.8) is 0 Å². The summed E-state index contributed by atoms with van der Waals surface area (Å²) in [4.78, 5) is 16.8.